The maximum atomic E-state index is 12.3. The van der Waals surface area contributed by atoms with Gasteiger partial charge in [-0.3, -0.25) is 0 Å². The first kappa shape index (κ1) is 11.7. The molecule has 0 heterocycles. The van der Waals surface area contributed by atoms with Gasteiger partial charge in [0, 0.05) is 6.54 Å². The number of rotatable bonds is 5. The molecule has 0 saturated carbocycles. The van der Waals surface area contributed by atoms with Gasteiger partial charge < -0.3 is 15.7 Å². The lowest BCUT2D eigenvalue weighted by Gasteiger charge is -2.24. The lowest BCUT2D eigenvalue weighted by atomic mass is 10.2. The Morgan fingerprint density at radius 1 is 1.33 bits per heavy atom. The van der Waals surface area contributed by atoms with E-state index in [2.05, 4.69) is 0 Å². The van der Waals surface area contributed by atoms with Gasteiger partial charge in [0.25, 0.3) is 6.43 Å². The maximum absolute atomic E-state index is 12.3. The topological polar surface area (TPSA) is 49.5 Å². The summed E-state index contributed by atoms with van der Waals surface area (Å²) in [6.07, 6.45) is -2.45. The number of nitrogens with two attached hydrogens (primary N) is 1. The third-order valence-electron chi connectivity index (χ3n) is 2.01. The molecule has 0 radical (unpaired) electrons. The molecule has 0 amide bonds. The second-order valence-electron chi connectivity index (χ2n) is 3.12. The van der Waals surface area contributed by atoms with Gasteiger partial charge >= 0.3 is 0 Å². The molecule has 3 N–H and O–H groups in total. The number of alkyl halides is 2. The molecule has 0 atom stereocenters. The quantitative estimate of drug-likeness (QED) is 0.730. The second-order valence-corrected chi connectivity index (χ2v) is 3.12. The molecule has 5 heteroatoms. The van der Waals surface area contributed by atoms with Crippen LogP contribution in [0.2, 0.25) is 0 Å². The molecule has 0 bridgehead atoms. The monoisotopic (exact) mass is 216 g/mol. The van der Waals surface area contributed by atoms with Crippen molar-refractivity contribution in [2.24, 2.45) is 0 Å². The van der Waals surface area contributed by atoms with Crippen LogP contribution in [0.4, 0.5) is 20.2 Å². The molecule has 1 aromatic carbocycles. The van der Waals surface area contributed by atoms with E-state index in [0.29, 0.717) is 11.4 Å². The number of halogens is 2. The van der Waals surface area contributed by atoms with Crippen molar-refractivity contribution in [1.82, 2.24) is 0 Å². The number of benzene rings is 1. The Bertz CT molecular complexity index is 307. The lowest BCUT2D eigenvalue weighted by Crippen LogP contribution is -2.32. The minimum absolute atomic E-state index is 0.151. The summed E-state index contributed by atoms with van der Waals surface area (Å²) < 4.78 is 24.5. The van der Waals surface area contributed by atoms with Gasteiger partial charge in [0.15, 0.2) is 0 Å². The number of aliphatic hydroxyl groups excluding tert-OH is 1. The van der Waals surface area contributed by atoms with Crippen LogP contribution in [-0.4, -0.2) is 31.2 Å². The van der Waals surface area contributed by atoms with Crippen LogP contribution < -0.4 is 10.6 Å². The van der Waals surface area contributed by atoms with Crippen LogP contribution >= 0.6 is 0 Å². The fourth-order valence-electron chi connectivity index (χ4n) is 1.37. The van der Waals surface area contributed by atoms with E-state index in [1.54, 1.807) is 24.3 Å². The Balaban J connectivity index is 2.83. The zero-order valence-electron chi connectivity index (χ0n) is 8.24. The number of para-hydroxylation sites is 2. The molecular formula is C10H14F2N2O. The molecule has 1 aromatic rings. The van der Waals surface area contributed by atoms with Gasteiger partial charge in [-0.1, -0.05) is 12.1 Å². The van der Waals surface area contributed by atoms with Gasteiger partial charge in [0.05, 0.1) is 24.5 Å². The van der Waals surface area contributed by atoms with Crippen molar-refractivity contribution in [2.75, 3.05) is 30.3 Å². The highest BCUT2D eigenvalue weighted by atomic mass is 19.3. The zero-order chi connectivity index (χ0) is 11.3. The smallest absolute Gasteiger partial charge is 0.255 e. The standard InChI is InChI=1S/C10H14F2N2O/c11-10(12)7-14(5-6-15)9-4-2-1-3-8(9)13/h1-4,10,15H,5-7,13H2. The molecular weight excluding hydrogens is 202 g/mol. The molecule has 0 aromatic heterocycles. The molecule has 0 aliphatic heterocycles. The Kier molecular flexibility index (Phi) is 4.30. The summed E-state index contributed by atoms with van der Waals surface area (Å²) >= 11 is 0. The normalized spacial score (nSPS) is 10.7. The number of nitrogen functional groups attached to an aromatic ring is 1. The number of hydrogen-bond acceptors (Lipinski definition) is 3. The molecule has 84 valence electrons. The predicted octanol–water partition coefficient (Wildman–Crippen LogP) is 1.33. The minimum atomic E-state index is -2.45. The number of hydrogen-bond donors (Lipinski definition) is 2. The predicted molar refractivity (Wildman–Crippen MR) is 56.2 cm³/mol. The first-order valence-electron chi connectivity index (χ1n) is 4.63. The van der Waals surface area contributed by atoms with Gasteiger partial charge in [-0.25, -0.2) is 8.78 Å². The van der Waals surface area contributed by atoms with Crippen molar-refractivity contribution in [3.8, 4) is 0 Å². The molecule has 3 nitrogen and oxygen atoms in total. The number of nitrogens with zero attached hydrogens (tertiary/aromatic N) is 1. The van der Waals surface area contributed by atoms with Crippen molar-refractivity contribution in [1.29, 1.82) is 0 Å². The molecule has 0 fully saturated rings. The lowest BCUT2D eigenvalue weighted by molar-refractivity contribution is 0.153. The molecule has 0 spiro atoms. The first-order chi connectivity index (χ1) is 7.15. The van der Waals surface area contributed by atoms with Crippen molar-refractivity contribution in [3.63, 3.8) is 0 Å². The van der Waals surface area contributed by atoms with E-state index in [9.17, 15) is 8.78 Å². The third kappa shape index (κ3) is 3.36. The van der Waals surface area contributed by atoms with Crippen LogP contribution in [-0.2, 0) is 0 Å². The summed E-state index contributed by atoms with van der Waals surface area (Å²) in [7, 11) is 0. The Morgan fingerprint density at radius 3 is 2.53 bits per heavy atom. The van der Waals surface area contributed by atoms with E-state index >= 15 is 0 Å². The van der Waals surface area contributed by atoms with Crippen molar-refractivity contribution in [3.05, 3.63) is 24.3 Å². The van der Waals surface area contributed by atoms with E-state index in [0.717, 1.165) is 0 Å². The molecule has 0 aliphatic carbocycles. The summed E-state index contributed by atoms with van der Waals surface area (Å²) in [5.41, 5.74) is 6.63. The van der Waals surface area contributed by atoms with Crippen LogP contribution in [0.15, 0.2) is 24.3 Å². The van der Waals surface area contributed by atoms with E-state index in [1.165, 1.54) is 4.90 Å². The average molecular weight is 216 g/mol. The van der Waals surface area contributed by atoms with E-state index in [4.69, 9.17) is 10.8 Å². The summed E-state index contributed by atoms with van der Waals surface area (Å²) in [4.78, 5) is 1.38. The Labute approximate surface area is 87.1 Å². The van der Waals surface area contributed by atoms with Crippen LogP contribution in [0.1, 0.15) is 0 Å². The van der Waals surface area contributed by atoms with E-state index in [1.807, 2.05) is 0 Å². The second kappa shape index (κ2) is 5.50. The average Bonchev–Trinajstić information content (AvgIpc) is 2.17. The van der Waals surface area contributed by atoms with Gasteiger partial charge in [0.1, 0.15) is 0 Å². The van der Waals surface area contributed by atoms with Crippen LogP contribution in [0.5, 0.6) is 0 Å². The van der Waals surface area contributed by atoms with Gasteiger partial charge in [0.2, 0.25) is 0 Å². The summed E-state index contributed by atoms with van der Waals surface area (Å²) in [6.45, 7) is -0.450. The summed E-state index contributed by atoms with van der Waals surface area (Å²) in [6, 6.07) is 6.76. The Hall–Kier alpha value is -1.36. The summed E-state index contributed by atoms with van der Waals surface area (Å²) in [5.74, 6) is 0. The van der Waals surface area contributed by atoms with Crippen molar-refractivity contribution < 1.29 is 13.9 Å². The van der Waals surface area contributed by atoms with E-state index in [-0.39, 0.29) is 13.2 Å². The molecule has 0 unspecified atom stereocenters. The molecule has 15 heavy (non-hydrogen) atoms. The SMILES string of the molecule is Nc1ccccc1N(CCO)CC(F)F. The third-order valence-corrected chi connectivity index (χ3v) is 2.01. The molecule has 0 aliphatic rings. The zero-order valence-corrected chi connectivity index (χ0v) is 8.24. The van der Waals surface area contributed by atoms with Gasteiger partial charge in [-0.15, -0.1) is 0 Å². The van der Waals surface area contributed by atoms with Crippen LogP contribution in [0.25, 0.3) is 0 Å². The highest BCUT2D eigenvalue weighted by Crippen LogP contribution is 2.22. The molecule has 1 rings (SSSR count). The number of anilines is 2. The van der Waals surface area contributed by atoms with Gasteiger partial charge in [-0.05, 0) is 12.1 Å². The highest BCUT2D eigenvalue weighted by molar-refractivity contribution is 5.67. The largest absolute Gasteiger partial charge is 0.397 e. The van der Waals surface area contributed by atoms with Crippen molar-refractivity contribution in [2.45, 2.75) is 6.43 Å². The fourth-order valence-corrected chi connectivity index (χ4v) is 1.37. The van der Waals surface area contributed by atoms with Crippen molar-refractivity contribution >= 4 is 11.4 Å². The highest BCUT2D eigenvalue weighted by Gasteiger charge is 2.13. The Morgan fingerprint density at radius 2 is 2.00 bits per heavy atom. The van der Waals surface area contributed by atoms with Crippen LogP contribution in [0.3, 0.4) is 0 Å². The maximum Gasteiger partial charge on any atom is 0.255 e. The number of aliphatic hydroxyl groups is 1. The van der Waals surface area contributed by atoms with Crippen LogP contribution in [0, 0.1) is 0 Å². The summed E-state index contributed by atoms with van der Waals surface area (Å²) in [5, 5.41) is 8.77. The minimum Gasteiger partial charge on any atom is -0.397 e. The molecule has 0 saturated heterocycles. The fraction of sp³-hybridized carbons (Fsp3) is 0.400. The van der Waals surface area contributed by atoms with Gasteiger partial charge in [-0.2, -0.15) is 0 Å². The van der Waals surface area contributed by atoms with E-state index < -0.39 is 13.0 Å². The first-order valence-corrected chi connectivity index (χ1v) is 4.63.